The highest BCUT2D eigenvalue weighted by molar-refractivity contribution is 7.90. The van der Waals surface area contributed by atoms with Crippen LogP contribution in [0.25, 0.3) is 0 Å². The standard InChI is InChI=1S/C29H38N2O7S/c1-19(2)17-25-24(29(34)31-35)7-5-4-6-16-38-22-12-8-20(9-13-22)18-26(30-28(25)33)27(32)21-10-14-23(15-11-21)39(3,36)37/h8-15,19,24-26,35H,4-7,16-18H2,1-3H3,(H,30,33)(H,31,34)/t24-,25+,26-/m0/s1. The van der Waals surface area contributed by atoms with E-state index in [-0.39, 0.29) is 28.6 Å². The fourth-order valence-electron chi connectivity index (χ4n) is 4.91. The number of sulfone groups is 1. The van der Waals surface area contributed by atoms with Crippen molar-refractivity contribution in [3.05, 3.63) is 59.7 Å². The molecular formula is C29H38N2O7S. The molecule has 2 amide bonds. The molecule has 0 unspecified atom stereocenters. The van der Waals surface area contributed by atoms with Crippen LogP contribution in [0.15, 0.2) is 53.4 Å². The third kappa shape index (κ3) is 8.63. The lowest BCUT2D eigenvalue weighted by molar-refractivity contribution is -0.141. The lowest BCUT2D eigenvalue weighted by Gasteiger charge is -2.28. The highest BCUT2D eigenvalue weighted by atomic mass is 32.2. The molecular weight excluding hydrogens is 520 g/mol. The average molecular weight is 559 g/mol. The minimum absolute atomic E-state index is 0.0824. The maximum atomic E-state index is 13.7. The van der Waals surface area contributed by atoms with Crippen LogP contribution < -0.4 is 15.5 Å². The van der Waals surface area contributed by atoms with E-state index in [0.29, 0.717) is 31.6 Å². The van der Waals surface area contributed by atoms with Crippen LogP contribution >= 0.6 is 0 Å². The monoisotopic (exact) mass is 558 g/mol. The zero-order valence-corrected chi connectivity index (χ0v) is 23.5. The summed E-state index contributed by atoms with van der Waals surface area (Å²) < 4.78 is 29.6. The van der Waals surface area contributed by atoms with Crippen molar-refractivity contribution in [1.29, 1.82) is 0 Å². The first-order valence-electron chi connectivity index (χ1n) is 13.3. The second-order valence-corrected chi connectivity index (χ2v) is 12.6. The summed E-state index contributed by atoms with van der Waals surface area (Å²) in [5.41, 5.74) is 2.78. The number of benzene rings is 2. The largest absolute Gasteiger partial charge is 0.494 e. The van der Waals surface area contributed by atoms with Crippen LogP contribution in [0.2, 0.25) is 0 Å². The predicted molar refractivity (Wildman–Crippen MR) is 146 cm³/mol. The third-order valence-electron chi connectivity index (χ3n) is 6.99. The molecule has 4 rings (SSSR count). The number of carbonyl (C=O) groups excluding carboxylic acids is 3. The van der Waals surface area contributed by atoms with Crippen molar-refractivity contribution >= 4 is 27.4 Å². The van der Waals surface area contributed by atoms with E-state index in [4.69, 9.17) is 4.74 Å². The Labute approximate surface area is 230 Å². The summed E-state index contributed by atoms with van der Waals surface area (Å²) in [6, 6.07) is 12.0. The zero-order chi connectivity index (χ0) is 28.6. The second kappa shape index (κ2) is 13.7. The van der Waals surface area contributed by atoms with E-state index in [1.54, 1.807) is 5.48 Å². The van der Waals surface area contributed by atoms with Gasteiger partial charge in [0, 0.05) is 24.2 Å². The summed E-state index contributed by atoms with van der Waals surface area (Å²) in [5.74, 6) is -2.18. The van der Waals surface area contributed by atoms with Crippen molar-refractivity contribution in [3.8, 4) is 5.75 Å². The van der Waals surface area contributed by atoms with Crippen LogP contribution in [-0.2, 0) is 25.8 Å². The number of nitrogens with one attached hydrogen (secondary N) is 2. The Morgan fingerprint density at radius 3 is 2.31 bits per heavy atom. The molecule has 3 atom stereocenters. The van der Waals surface area contributed by atoms with Gasteiger partial charge in [0.05, 0.1) is 23.5 Å². The number of hydroxylamine groups is 1. The summed E-state index contributed by atoms with van der Waals surface area (Å²) in [5, 5.41) is 12.3. The molecule has 3 N–H and O–H groups in total. The van der Waals surface area contributed by atoms with Crippen molar-refractivity contribution in [3.63, 3.8) is 0 Å². The maximum Gasteiger partial charge on any atom is 0.247 e. The zero-order valence-electron chi connectivity index (χ0n) is 22.7. The first-order valence-corrected chi connectivity index (χ1v) is 15.2. The Bertz CT molecular complexity index is 1240. The average Bonchev–Trinajstić information content (AvgIpc) is 2.90. The SMILES string of the molecule is CC(C)C[C@H]1C(=O)N[C@H](C(=O)c2ccc(S(C)(=O)=O)cc2)Cc2ccc(cc2)OCCCCC[C@@H]1C(=O)NO. The first-order chi connectivity index (χ1) is 18.5. The fraction of sp³-hybridized carbons (Fsp3) is 0.483. The highest BCUT2D eigenvalue weighted by Crippen LogP contribution is 2.27. The normalized spacial score (nSPS) is 21.2. The molecule has 0 aromatic heterocycles. The van der Waals surface area contributed by atoms with Crippen molar-refractivity contribution < 1.29 is 32.7 Å². The molecule has 0 radical (unpaired) electrons. The van der Waals surface area contributed by atoms with Gasteiger partial charge in [-0.3, -0.25) is 19.6 Å². The minimum atomic E-state index is -3.44. The quantitative estimate of drug-likeness (QED) is 0.279. The molecule has 212 valence electrons. The van der Waals surface area contributed by atoms with Crippen molar-refractivity contribution in [2.45, 2.75) is 63.3 Å². The Morgan fingerprint density at radius 2 is 1.72 bits per heavy atom. The molecule has 2 aromatic carbocycles. The van der Waals surface area contributed by atoms with E-state index >= 15 is 0 Å². The molecule has 9 nitrogen and oxygen atoms in total. The molecule has 2 aromatic rings. The Kier molecular flexibility index (Phi) is 10.7. The molecule has 0 fully saturated rings. The van der Waals surface area contributed by atoms with Gasteiger partial charge in [-0.25, -0.2) is 13.9 Å². The van der Waals surface area contributed by atoms with Crippen LogP contribution in [-0.4, -0.2) is 50.1 Å². The molecule has 10 heteroatoms. The Hall–Kier alpha value is -3.24. The third-order valence-corrected chi connectivity index (χ3v) is 8.11. The number of ketones is 1. The molecule has 39 heavy (non-hydrogen) atoms. The van der Waals surface area contributed by atoms with E-state index in [1.807, 2.05) is 38.1 Å². The van der Waals surface area contributed by atoms with Crippen LogP contribution in [0.3, 0.4) is 0 Å². The summed E-state index contributed by atoms with van der Waals surface area (Å²) in [6.07, 6.45) is 4.30. The van der Waals surface area contributed by atoms with Crippen molar-refractivity contribution in [2.24, 2.45) is 17.8 Å². The van der Waals surface area contributed by atoms with E-state index in [0.717, 1.165) is 24.7 Å². The maximum absolute atomic E-state index is 13.7. The summed E-state index contributed by atoms with van der Waals surface area (Å²) in [6.45, 7) is 4.41. The van der Waals surface area contributed by atoms with Gasteiger partial charge in [-0.1, -0.05) is 51.0 Å². The number of carbonyl (C=O) groups is 3. The molecule has 2 bridgehead atoms. The number of rotatable bonds is 6. The summed E-state index contributed by atoms with van der Waals surface area (Å²) >= 11 is 0. The van der Waals surface area contributed by atoms with Gasteiger partial charge >= 0.3 is 0 Å². The highest BCUT2D eigenvalue weighted by Gasteiger charge is 2.36. The first kappa shape index (κ1) is 30.3. The van der Waals surface area contributed by atoms with E-state index < -0.39 is 39.5 Å². The number of hydrogen-bond acceptors (Lipinski definition) is 7. The van der Waals surface area contributed by atoms with Crippen LogP contribution in [0.4, 0.5) is 0 Å². The Balaban J connectivity index is 1.99. The molecule has 0 saturated heterocycles. The van der Waals surface area contributed by atoms with Gasteiger partial charge in [-0.15, -0.1) is 0 Å². The smallest absolute Gasteiger partial charge is 0.247 e. The van der Waals surface area contributed by atoms with Gasteiger partial charge in [-0.2, -0.15) is 0 Å². The molecule has 2 heterocycles. The van der Waals surface area contributed by atoms with Crippen molar-refractivity contribution in [2.75, 3.05) is 12.9 Å². The van der Waals surface area contributed by atoms with E-state index in [9.17, 15) is 28.0 Å². The van der Waals surface area contributed by atoms with Gasteiger partial charge in [-0.05, 0) is 55.0 Å². The topological polar surface area (TPSA) is 139 Å². The van der Waals surface area contributed by atoms with Gasteiger partial charge in [0.1, 0.15) is 5.75 Å². The number of hydrogen-bond donors (Lipinski definition) is 3. The molecule has 2 aliphatic rings. The number of Topliss-reactive ketones (excluding diaryl/α,β-unsaturated/α-hetero) is 1. The number of amides is 2. The minimum Gasteiger partial charge on any atom is -0.494 e. The van der Waals surface area contributed by atoms with Gasteiger partial charge < -0.3 is 10.1 Å². The second-order valence-electron chi connectivity index (χ2n) is 10.6. The van der Waals surface area contributed by atoms with Crippen LogP contribution in [0.1, 0.15) is 61.9 Å². The van der Waals surface area contributed by atoms with Gasteiger partial charge in [0.2, 0.25) is 11.8 Å². The Morgan fingerprint density at radius 1 is 1.05 bits per heavy atom. The summed E-state index contributed by atoms with van der Waals surface area (Å²) in [7, 11) is -3.44. The van der Waals surface area contributed by atoms with Gasteiger partial charge in [0.15, 0.2) is 15.6 Å². The summed E-state index contributed by atoms with van der Waals surface area (Å²) in [4.78, 5) is 40.2. The number of ether oxygens (including phenoxy) is 1. The predicted octanol–water partition coefficient (Wildman–Crippen LogP) is 3.74. The molecule has 0 saturated carbocycles. The van der Waals surface area contributed by atoms with Crippen LogP contribution in [0.5, 0.6) is 5.75 Å². The lowest BCUT2D eigenvalue weighted by Crippen LogP contribution is -2.48. The van der Waals surface area contributed by atoms with Crippen LogP contribution in [0, 0.1) is 17.8 Å². The molecule has 0 spiro atoms. The van der Waals surface area contributed by atoms with Gasteiger partial charge in [0.25, 0.3) is 0 Å². The molecule has 2 aliphatic heterocycles. The molecule has 0 aliphatic carbocycles. The van der Waals surface area contributed by atoms with E-state index in [1.165, 1.54) is 24.3 Å². The fourth-order valence-corrected chi connectivity index (χ4v) is 5.54. The lowest BCUT2D eigenvalue weighted by atomic mass is 9.80. The number of fused-ring (bicyclic) bond motifs is 13. The van der Waals surface area contributed by atoms with E-state index in [2.05, 4.69) is 5.32 Å². The van der Waals surface area contributed by atoms with Crippen molar-refractivity contribution in [1.82, 2.24) is 10.8 Å².